The summed E-state index contributed by atoms with van der Waals surface area (Å²) in [7, 11) is 0. The Morgan fingerprint density at radius 2 is 0.946 bits per heavy atom. The van der Waals surface area contributed by atoms with E-state index in [2.05, 4.69) is 95.6 Å². The van der Waals surface area contributed by atoms with Gasteiger partial charge in [0.05, 0.1) is 16.6 Å². The van der Waals surface area contributed by atoms with E-state index in [1.165, 1.54) is 0 Å². The second-order valence-electron chi connectivity index (χ2n) is 13.7. The van der Waals surface area contributed by atoms with E-state index in [1.54, 1.807) is 0 Å². The van der Waals surface area contributed by atoms with Crippen LogP contribution in [-0.4, -0.2) is 25.4 Å². The fourth-order valence-corrected chi connectivity index (χ4v) is 7.44. The van der Waals surface area contributed by atoms with Crippen LogP contribution in [0.1, 0.15) is 5.56 Å². The quantitative estimate of drug-likeness (QED) is 0.131. The van der Waals surface area contributed by atoms with E-state index in [9.17, 15) is 0 Å². The van der Waals surface area contributed by atoms with Crippen LogP contribution in [0.2, 0.25) is 0 Å². The highest BCUT2D eigenvalue weighted by Gasteiger charge is 2.19. The second-order valence-corrected chi connectivity index (χ2v) is 13.7. The lowest BCUT2D eigenvalue weighted by atomic mass is 9.99. The average Bonchev–Trinajstić information content (AvgIpc) is 3.61. The maximum Gasteiger partial charge on any atom is 0.221 e. The van der Waals surface area contributed by atoms with Crippen LogP contribution in [0.5, 0.6) is 5.75 Å². The number of hydrogen-bond donors (Lipinski definition) is 1. The highest BCUT2D eigenvalue weighted by molar-refractivity contribution is 6.16. The zero-order valence-electron chi connectivity index (χ0n) is 30.2. The van der Waals surface area contributed by atoms with Crippen molar-refractivity contribution in [3.63, 3.8) is 0 Å². The topological polar surface area (TPSA) is 76.7 Å². The van der Waals surface area contributed by atoms with Gasteiger partial charge in [-0.15, -0.1) is 0 Å². The zero-order chi connectivity index (χ0) is 37.4. The first-order valence-electron chi connectivity index (χ1n) is 18.5. The first kappa shape index (κ1) is 32.9. The molecule has 0 fully saturated rings. The van der Waals surface area contributed by atoms with Crippen LogP contribution in [0.3, 0.4) is 0 Å². The summed E-state index contributed by atoms with van der Waals surface area (Å²) >= 11 is 0. The second kappa shape index (κ2) is 13.9. The SMILES string of the molecule is N=C(Oc1ccccc1)c1cccc2c3ccccc3n(-c3ccc(-c4ccc5cc(-c6nc(-c7ccccc7)nc(-c7ccccc7)n6)ccc5c4)cc3)c12. The third-order valence-corrected chi connectivity index (χ3v) is 10.2. The molecule has 264 valence electrons. The molecule has 6 nitrogen and oxygen atoms in total. The largest absolute Gasteiger partial charge is 0.439 e. The first-order chi connectivity index (χ1) is 27.7. The van der Waals surface area contributed by atoms with Crippen LogP contribution in [0.4, 0.5) is 0 Å². The lowest BCUT2D eigenvalue weighted by Crippen LogP contribution is -2.10. The summed E-state index contributed by atoms with van der Waals surface area (Å²) in [5, 5.41) is 13.4. The first-order valence-corrected chi connectivity index (χ1v) is 18.5. The van der Waals surface area contributed by atoms with Gasteiger partial charge in [-0.05, 0) is 70.4 Å². The van der Waals surface area contributed by atoms with E-state index in [0.717, 1.165) is 71.6 Å². The van der Waals surface area contributed by atoms with Crippen LogP contribution < -0.4 is 4.74 Å². The van der Waals surface area contributed by atoms with Crippen molar-refractivity contribution in [2.75, 3.05) is 0 Å². The van der Waals surface area contributed by atoms with Gasteiger partial charge in [0.2, 0.25) is 5.90 Å². The predicted molar refractivity (Wildman–Crippen MR) is 227 cm³/mol. The van der Waals surface area contributed by atoms with Gasteiger partial charge < -0.3 is 9.30 Å². The monoisotopic (exact) mass is 719 g/mol. The predicted octanol–water partition coefficient (Wildman–Crippen LogP) is 12.2. The third kappa shape index (κ3) is 6.05. The summed E-state index contributed by atoms with van der Waals surface area (Å²) in [4.78, 5) is 14.7. The number of nitrogens with one attached hydrogen (secondary N) is 1. The van der Waals surface area contributed by atoms with Crippen molar-refractivity contribution in [3.8, 4) is 56.7 Å². The molecular formula is C50H33N5O. The molecule has 10 aromatic rings. The van der Waals surface area contributed by atoms with Crippen molar-refractivity contribution < 1.29 is 4.74 Å². The van der Waals surface area contributed by atoms with E-state index in [0.29, 0.717) is 23.2 Å². The van der Waals surface area contributed by atoms with E-state index < -0.39 is 0 Å². The number of aromatic nitrogens is 4. The third-order valence-electron chi connectivity index (χ3n) is 10.2. The maximum absolute atomic E-state index is 9.00. The van der Waals surface area contributed by atoms with Crippen LogP contribution in [0.25, 0.3) is 83.6 Å². The van der Waals surface area contributed by atoms with Crippen molar-refractivity contribution in [1.82, 2.24) is 19.5 Å². The smallest absolute Gasteiger partial charge is 0.221 e. The summed E-state index contributed by atoms with van der Waals surface area (Å²) in [5.41, 5.74) is 8.79. The molecular weight excluding hydrogens is 687 g/mol. The van der Waals surface area contributed by atoms with Crippen LogP contribution in [-0.2, 0) is 0 Å². The molecule has 6 heteroatoms. The van der Waals surface area contributed by atoms with E-state index in [4.69, 9.17) is 25.1 Å². The molecule has 10 rings (SSSR count). The highest BCUT2D eigenvalue weighted by atomic mass is 16.5. The number of para-hydroxylation sites is 3. The molecule has 0 saturated heterocycles. The lowest BCUT2D eigenvalue weighted by molar-refractivity contribution is 0.548. The Bertz CT molecular complexity index is 2990. The highest BCUT2D eigenvalue weighted by Crippen LogP contribution is 2.36. The number of rotatable bonds is 7. The zero-order valence-corrected chi connectivity index (χ0v) is 30.2. The average molecular weight is 720 g/mol. The molecule has 0 bridgehead atoms. The fraction of sp³-hybridized carbons (Fsp3) is 0. The molecule has 0 saturated carbocycles. The van der Waals surface area contributed by atoms with Gasteiger partial charge in [-0.2, -0.15) is 0 Å². The molecule has 0 radical (unpaired) electrons. The number of fused-ring (bicyclic) bond motifs is 4. The van der Waals surface area contributed by atoms with Gasteiger partial charge in [-0.1, -0.05) is 146 Å². The van der Waals surface area contributed by atoms with Crippen molar-refractivity contribution in [1.29, 1.82) is 5.41 Å². The molecule has 0 amide bonds. The van der Waals surface area contributed by atoms with E-state index >= 15 is 0 Å². The van der Waals surface area contributed by atoms with Crippen molar-refractivity contribution in [3.05, 3.63) is 200 Å². The Balaban J connectivity index is 0.999. The molecule has 0 aliphatic heterocycles. The summed E-state index contributed by atoms with van der Waals surface area (Å²) in [6.07, 6.45) is 0. The molecule has 0 atom stereocenters. The van der Waals surface area contributed by atoms with Gasteiger partial charge in [-0.25, -0.2) is 15.0 Å². The van der Waals surface area contributed by atoms with Crippen molar-refractivity contribution >= 4 is 38.5 Å². The lowest BCUT2D eigenvalue weighted by Gasteiger charge is -2.13. The number of hydrogen-bond acceptors (Lipinski definition) is 5. The Morgan fingerprint density at radius 1 is 0.429 bits per heavy atom. The Hall–Kier alpha value is -7.70. The van der Waals surface area contributed by atoms with Crippen molar-refractivity contribution in [2.45, 2.75) is 0 Å². The van der Waals surface area contributed by atoms with Gasteiger partial charge in [0, 0.05) is 33.2 Å². The van der Waals surface area contributed by atoms with Crippen molar-refractivity contribution in [2.24, 2.45) is 0 Å². The Morgan fingerprint density at radius 3 is 1.61 bits per heavy atom. The fourth-order valence-electron chi connectivity index (χ4n) is 7.44. The molecule has 0 aliphatic carbocycles. The minimum atomic E-state index is 0.102. The van der Waals surface area contributed by atoms with Gasteiger partial charge in [-0.3, -0.25) is 5.41 Å². The minimum absolute atomic E-state index is 0.102. The number of ether oxygens (including phenoxy) is 1. The van der Waals surface area contributed by atoms with Crippen LogP contribution in [0, 0.1) is 5.41 Å². The minimum Gasteiger partial charge on any atom is -0.439 e. The summed E-state index contributed by atoms with van der Waals surface area (Å²) in [6.45, 7) is 0. The Labute approximate surface area is 323 Å². The maximum atomic E-state index is 9.00. The summed E-state index contributed by atoms with van der Waals surface area (Å²) < 4.78 is 8.29. The number of nitrogens with zero attached hydrogens (tertiary/aromatic N) is 4. The van der Waals surface area contributed by atoms with E-state index in [1.807, 2.05) is 103 Å². The molecule has 56 heavy (non-hydrogen) atoms. The van der Waals surface area contributed by atoms with Crippen LogP contribution >= 0.6 is 0 Å². The molecule has 8 aromatic carbocycles. The molecule has 0 aliphatic rings. The van der Waals surface area contributed by atoms with Crippen LogP contribution in [0.15, 0.2) is 194 Å². The summed E-state index contributed by atoms with van der Waals surface area (Å²) in [5.74, 6) is 2.65. The molecule has 2 aromatic heterocycles. The number of benzene rings is 8. The van der Waals surface area contributed by atoms with Gasteiger partial charge >= 0.3 is 0 Å². The standard InChI is InChI=1S/C50H33N5O/c51-47(56-41-17-8-3-9-18-41)44-21-12-20-43-42-19-10-11-22-45(42)55(46(43)44)40-29-27-33(28-30-40)36-23-24-38-32-39(26-25-37(38)31-36)50-53-48(34-13-4-1-5-14-34)52-49(54-50)35-15-6-2-7-16-35/h1-32,51H. The summed E-state index contributed by atoms with van der Waals surface area (Å²) in [6, 6.07) is 65.6. The Kier molecular flexibility index (Phi) is 8.19. The molecule has 0 unspecified atom stereocenters. The van der Waals surface area contributed by atoms with Gasteiger partial charge in [0.1, 0.15) is 5.75 Å². The van der Waals surface area contributed by atoms with Gasteiger partial charge in [0.15, 0.2) is 17.5 Å². The normalized spacial score (nSPS) is 11.3. The molecule has 1 N–H and O–H groups in total. The molecule has 2 heterocycles. The van der Waals surface area contributed by atoms with Gasteiger partial charge in [0.25, 0.3) is 0 Å². The van der Waals surface area contributed by atoms with E-state index in [-0.39, 0.29) is 5.90 Å². The molecule has 0 spiro atoms.